The normalized spacial score (nSPS) is 22.7. The van der Waals surface area contributed by atoms with Gasteiger partial charge in [-0.2, -0.15) is 0 Å². The van der Waals surface area contributed by atoms with E-state index in [1.807, 2.05) is 13.8 Å². The van der Waals surface area contributed by atoms with Crippen molar-refractivity contribution in [3.8, 4) is 0 Å². The molecular formula is C24H46N2O4+2. The van der Waals surface area contributed by atoms with Gasteiger partial charge in [0.05, 0.1) is 40.3 Å². The fourth-order valence-electron chi connectivity index (χ4n) is 5.34. The molecule has 2 heterocycles. The van der Waals surface area contributed by atoms with Crippen LogP contribution in [0.4, 0.5) is 0 Å². The molecule has 0 radical (unpaired) electrons. The van der Waals surface area contributed by atoms with E-state index < -0.39 is 0 Å². The molecule has 0 N–H and O–H groups in total. The topological polar surface area (TPSA) is 52.6 Å². The lowest BCUT2D eigenvalue weighted by Crippen LogP contribution is -2.52. The lowest BCUT2D eigenvalue weighted by atomic mass is 10.1. The number of likely N-dealkylation sites (N-methyl/N-ethyl adjacent to an activating group) is 2. The van der Waals surface area contributed by atoms with Crippen LogP contribution in [0, 0.1) is 0 Å². The Hall–Kier alpha value is -1.14. The van der Waals surface area contributed by atoms with Crippen LogP contribution in [0.3, 0.4) is 0 Å². The van der Waals surface area contributed by atoms with Gasteiger partial charge in [0, 0.05) is 12.8 Å². The second kappa shape index (κ2) is 12.0. The van der Waals surface area contributed by atoms with Crippen LogP contribution in [0.15, 0.2) is 0 Å². The van der Waals surface area contributed by atoms with E-state index in [1.54, 1.807) is 0 Å². The van der Waals surface area contributed by atoms with Crippen LogP contribution in [0.2, 0.25) is 0 Å². The molecule has 0 amide bonds. The van der Waals surface area contributed by atoms with E-state index in [0.717, 1.165) is 22.1 Å². The number of ether oxygens (including phenoxy) is 2. The minimum Gasteiger partial charge on any atom is -0.457 e. The summed E-state index contributed by atoms with van der Waals surface area (Å²) in [5, 5.41) is 0. The van der Waals surface area contributed by atoms with Crippen LogP contribution < -0.4 is 0 Å². The van der Waals surface area contributed by atoms with Gasteiger partial charge in [0.15, 0.2) is 0 Å². The smallest absolute Gasteiger partial charge is 0.306 e. The summed E-state index contributed by atoms with van der Waals surface area (Å²) in [6, 6.07) is 0. The van der Waals surface area contributed by atoms with Crippen LogP contribution in [-0.2, 0) is 19.1 Å². The molecule has 2 fully saturated rings. The van der Waals surface area contributed by atoms with Crippen molar-refractivity contribution in [3.05, 3.63) is 0 Å². The van der Waals surface area contributed by atoms with Gasteiger partial charge in [0.25, 0.3) is 0 Å². The van der Waals surface area contributed by atoms with Crippen LogP contribution in [0.25, 0.3) is 0 Å². The van der Waals surface area contributed by atoms with Crippen LogP contribution >= 0.6 is 0 Å². The predicted molar refractivity (Wildman–Crippen MR) is 119 cm³/mol. The third kappa shape index (κ3) is 9.34. The standard InChI is InChI=1S/C24H46N2O4/c1-21(19-25(3)15-9-5-10-16-25)29-23(27)13-7-8-14-24(28)30-22(2)20-26(4)17-11-6-12-18-26/h21-22H,5-20H2,1-4H3/q+2/t21-,22-/m0/s1. The molecular weight excluding hydrogens is 380 g/mol. The van der Waals surface area contributed by atoms with Gasteiger partial charge in [-0.15, -0.1) is 0 Å². The number of nitrogens with zero attached hydrogens (tertiary/aromatic N) is 2. The van der Waals surface area contributed by atoms with Crippen molar-refractivity contribution in [2.45, 2.75) is 90.3 Å². The third-order valence-corrected chi connectivity index (χ3v) is 6.86. The highest BCUT2D eigenvalue weighted by Gasteiger charge is 2.29. The molecule has 0 aromatic rings. The number of unbranched alkanes of at least 4 members (excludes halogenated alkanes) is 1. The number of esters is 2. The number of carbonyl (C=O) groups excluding carboxylic acids is 2. The van der Waals surface area contributed by atoms with Crippen LogP contribution in [0.5, 0.6) is 0 Å². The van der Waals surface area contributed by atoms with Gasteiger partial charge in [-0.05, 0) is 65.2 Å². The summed E-state index contributed by atoms with van der Waals surface area (Å²) in [7, 11) is 4.53. The molecule has 0 unspecified atom stereocenters. The Morgan fingerprint density at radius 1 is 0.667 bits per heavy atom. The number of rotatable bonds is 11. The van der Waals surface area contributed by atoms with E-state index >= 15 is 0 Å². The fourth-order valence-corrected chi connectivity index (χ4v) is 5.34. The van der Waals surface area contributed by atoms with Crippen molar-refractivity contribution >= 4 is 11.9 Å². The molecule has 2 rings (SSSR count). The molecule has 2 atom stereocenters. The summed E-state index contributed by atoms with van der Waals surface area (Å²) >= 11 is 0. The maximum atomic E-state index is 12.1. The highest BCUT2D eigenvalue weighted by atomic mass is 16.5. The zero-order chi connectivity index (χ0) is 22.0. The third-order valence-electron chi connectivity index (χ3n) is 6.86. The number of hydrogen-bond donors (Lipinski definition) is 0. The molecule has 6 nitrogen and oxygen atoms in total. The Labute approximate surface area is 184 Å². The second-order valence-corrected chi connectivity index (χ2v) is 10.4. The largest absolute Gasteiger partial charge is 0.457 e. The summed E-state index contributed by atoms with van der Waals surface area (Å²) in [5.41, 5.74) is 0. The molecule has 0 aromatic carbocycles. The van der Waals surface area contributed by atoms with Gasteiger partial charge in [0.1, 0.15) is 25.3 Å². The SMILES string of the molecule is C[C@@H](C[N+]1(C)CCCCC1)OC(=O)CCCCC(=O)O[C@@H](C)C[N+]1(C)CCCCC1. The van der Waals surface area contributed by atoms with Crippen molar-refractivity contribution in [2.75, 3.05) is 53.4 Å². The molecule has 30 heavy (non-hydrogen) atoms. The Kier molecular flexibility index (Phi) is 10.1. The molecule has 174 valence electrons. The van der Waals surface area contributed by atoms with Gasteiger partial charge < -0.3 is 18.4 Å². The summed E-state index contributed by atoms with van der Waals surface area (Å²) < 4.78 is 13.2. The maximum absolute atomic E-state index is 12.1. The van der Waals surface area contributed by atoms with Crippen molar-refractivity contribution in [2.24, 2.45) is 0 Å². The molecule has 0 saturated carbocycles. The first-order valence-electron chi connectivity index (χ1n) is 12.3. The van der Waals surface area contributed by atoms with Gasteiger partial charge in [-0.1, -0.05) is 0 Å². The zero-order valence-corrected chi connectivity index (χ0v) is 20.0. The number of piperidine rings is 2. The van der Waals surface area contributed by atoms with E-state index in [-0.39, 0.29) is 24.1 Å². The van der Waals surface area contributed by atoms with Crippen LogP contribution in [-0.4, -0.2) is 86.5 Å². The van der Waals surface area contributed by atoms with Gasteiger partial charge in [-0.25, -0.2) is 0 Å². The molecule has 2 saturated heterocycles. The highest BCUT2D eigenvalue weighted by molar-refractivity contribution is 5.70. The molecule has 0 spiro atoms. The molecule has 0 aromatic heterocycles. The number of likely N-dealkylation sites (tertiary alicyclic amines) is 2. The van der Waals surface area contributed by atoms with E-state index in [9.17, 15) is 9.59 Å². The summed E-state index contributed by atoms with van der Waals surface area (Å²) in [6.07, 6.45) is 9.73. The monoisotopic (exact) mass is 426 g/mol. The Balaban J connectivity index is 1.55. The van der Waals surface area contributed by atoms with Crippen molar-refractivity contribution < 1.29 is 28.0 Å². The van der Waals surface area contributed by atoms with Gasteiger partial charge >= 0.3 is 11.9 Å². The second-order valence-electron chi connectivity index (χ2n) is 10.4. The van der Waals surface area contributed by atoms with E-state index in [2.05, 4.69) is 14.1 Å². The van der Waals surface area contributed by atoms with E-state index in [1.165, 1.54) is 64.7 Å². The first-order valence-corrected chi connectivity index (χ1v) is 12.3. The zero-order valence-electron chi connectivity index (χ0n) is 20.0. The Bertz CT molecular complexity index is 491. The minimum absolute atomic E-state index is 0.0503. The highest BCUT2D eigenvalue weighted by Crippen LogP contribution is 2.19. The van der Waals surface area contributed by atoms with Crippen molar-refractivity contribution in [1.82, 2.24) is 0 Å². The van der Waals surface area contributed by atoms with Crippen molar-refractivity contribution in [1.29, 1.82) is 0 Å². The average molecular weight is 427 g/mol. The Morgan fingerprint density at radius 2 is 1.00 bits per heavy atom. The fraction of sp³-hybridized carbons (Fsp3) is 0.917. The van der Waals surface area contributed by atoms with Crippen molar-refractivity contribution in [3.63, 3.8) is 0 Å². The molecule has 6 heteroatoms. The number of quaternary nitrogens is 2. The summed E-state index contributed by atoms with van der Waals surface area (Å²) in [6.45, 7) is 10.5. The first kappa shape index (κ1) is 25.1. The van der Waals surface area contributed by atoms with E-state index in [0.29, 0.717) is 25.7 Å². The van der Waals surface area contributed by atoms with Gasteiger partial charge in [-0.3, -0.25) is 9.59 Å². The van der Waals surface area contributed by atoms with Gasteiger partial charge in [0.2, 0.25) is 0 Å². The molecule has 0 bridgehead atoms. The lowest BCUT2D eigenvalue weighted by molar-refractivity contribution is -0.916. The van der Waals surface area contributed by atoms with Crippen LogP contribution in [0.1, 0.15) is 78.1 Å². The minimum atomic E-state index is -0.143. The number of carbonyl (C=O) groups is 2. The summed E-state index contributed by atoms with van der Waals surface area (Å²) in [4.78, 5) is 24.3. The summed E-state index contributed by atoms with van der Waals surface area (Å²) in [5.74, 6) is -0.286. The molecule has 0 aliphatic carbocycles. The first-order chi connectivity index (χ1) is 14.2. The lowest BCUT2D eigenvalue weighted by Gasteiger charge is -2.39. The molecule has 2 aliphatic heterocycles. The Morgan fingerprint density at radius 3 is 1.33 bits per heavy atom. The predicted octanol–water partition coefficient (Wildman–Crippen LogP) is 3.67. The maximum Gasteiger partial charge on any atom is 0.306 e. The van der Waals surface area contributed by atoms with E-state index in [4.69, 9.17) is 9.47 Å². The average Bonchev–Trinajstić information content (AvgIpc) is 2.65. The molecule has 2 aliphatic rings. The number of hydrogen-bond acceptors (Lipinski definition) is 4. The quantitative estimate of drug-likeness (QED) is 0.287.